The van der Waals surface area contributed by atoms with E-state index in [4.69, 9.17) is 4.42 Å². The molecule has 0 saturated carbocycles. The van der Waals surface area contributed by atoms with Crippen molar-refractivity contribution in [2.75, 3.05) is 13.1 Å². The Labute approximate surface area is 108 Å². The van der Waals surface area contributed by atoms with Crippen LogP contribution in [0, 0.1) is 0 Å². The minimum atomic E-state index is 0.132. The molecule has 1 aromatic rings. The molecule has 1 aromatic heterocycles. The highest BCUT2D eigenvalue weighted by molar-refractivity contribution is 5.75. The van der Waals surface area contributed by atoms with Gasteiger partial charge in [-0.2, -0.15) is 0 Å². The lowest BCUT2D eigenvalue weighted by molar-refractivity contribution is -0.121. The van der Waals surface area contributed by atoms with Crippen LogP contribution < -0.4 is 10.6 Å². The Hall–Kier alpha value is -1.29. The summed E-state index contributed by atoms with van der Waals surface area (Å²) in [5, 5.41) is 6.34. The fraction of sp³-hybridized carbons (Fsp3) is 0.643. The van der Waals surface area contributed by atoms with E-state index in [0.717, 1.165) is 44.5 Å². The van der Waals surface area contributed by atoms with Gasteiger partial charge in [-0.15, -0.1) is 0 Å². The fourth-order valence-electron chi connectivity index (χ4n) is 2.41. The summed E-state index contributed by atoms with van der Waals surface area (Å²) in [5.74, 6) is 1.24. The highest BCUT2D eigenvalue weighted by atomic mass is 16.3. The van der Waals surface area contributed by atoms with Crippen LogP contribution in [0.25, 0.3) is 0 Å². The van der Waals surface area contributed by atoms with E-state index in [0.29, 0.717) is 12.5 Å². The first-order chi connectivity index (χ1) is 8.81. The van der Waals surface area contributed by atoms with Gasteiger partial charge in [-0.3, -0.25) is 4.79 Å². The zero-order chi connectivity index (χ0) is 12.8. The number of rotatable bonds is 6. The second-order valence-electron chi connectivity index (χ2n) is 4.80. The standard InChI is InChI=1S/C14H22N2O2/c1-2-8-16-14(17)6-9-15-12-4-3-5-13-11(12)7-10-18-13/h7,10,12,15H,2-6,8-9H2,1H3,(H,16,17). The zero-order valence-corrected chi connectivity index (χ0v) is 11.0. The van der Waals surface area contributed by atoms with Crippen molar-refractivity contribution in [3.05, 3.63) is 23.7 Å². The topological polar surface area (TPSA) is 54.3 Å². The van der Waals surface area contributed by atoms with Crippen LogP contribution in [0.2, 0.25) is 0 Å². The number of nitrogens with one attached hydrogen (secondary N) is 2. The zero-order valence-electron chi connectivity index (χ0n) is 11.0. The molecule has 0 aromatic carbocycles. The molecule has 0 spiro atoms. The average molecular weight is 250 g/mol. The maximum Gasteiger partial charge on any atom is 0.221 e. The lowest BCUT2D eigenvalue weighted by Crippen LogP contribution is -2.31. The minimum absolute atomic E-state index is 0.132. The summed E-state index contributed by atoms with van der Waals surface area (Å²) in [5.41, 5.74) is 1.27. The van der Waals surface area contributed by atoms with Crippen molar-refractivity contribution < 1.29 is 9.21 Å². The quantitative estimate of drug-likeness (QED) is 0.813. The molecule has 0 fully saturated rings. The first-order valence-corrected chi connectivity index (χ1v) is 6.87. The molecule has 1 heterocycles. The van der Waals surface area contributed by atoms with Crippen LogP contribution in [0.1, 0.15) is 50.0 Å². The molecule has 0 radical (unpaired) electrons. The van der Waals surface area contributed by atoms with Gasteiger partial charge in [0.2, 0.25) is 5.91 Å². The van der Waals surface area contributed by atoms with Crippen molar-refractivity contribution in [2.45, 2.75) is 45.1 Å². The van der Waals surface area contributed by atoms with Crippen LogP contribution in [-0.4, -0.2) is 19.0 Å². The van der Waals surface area contributed by atoms with Crippen LogP contribution in [-0.2, 0) is 11.2 Å². The highest BCUT2D eigenvalue weighted by Gasteiger charge is 2.21. The van der Waals surface area contributed by atoms with Crippen LogP contribution >= 0.6 is 0 Å². The monoisotopic (exact) mass is 250 g/mol. The molecular weight excluding hydrogens is 228 g/mol. The predicted octanol–water partition coefficient (Wildman–Crippen LogP) is 2.16. The van der Waals surface area contributed by atoms with Crippen molar-refractivity contribution >= 4 is 5.91 Å². The summed E-state index contributed by atoms with van der Waals surface area (Å²) >= 11 is 0. The molecule has 4 heteroatoms. The van der Waals surface area contributed by atoms with Crippen molar-refractivity contribution in [3.8, 4) is 0 Å². The fourth-order valence-corrected chi connectivity index (χ4v) is 2.41. The lowest BCUT2D eigenvalue weighted by atomic mass is 9.93. The molecule has 18 heavy (non-hydrogen) atoms. The third-order valence-electron chi connectivity index (χ3n) is 3.37. The number of amides is 1. The molecule has 4 nitrogen and oxygen atoms in total. The number of hydrogen-bond donors (Lipinski definition) is 2. The van der Waals surface area contributed by atoms with E-state index in [2.05, 4.69) is 17.6 Å². The smallest absolute Gasteiger partial charge is 0.221 e. The Bertz CT molecular complexity index is 387. The average Bonchev–Trinajstić information content (AvgIpc) is 2.85. The lowest BCUT2D eigenvalue weighted by Gasteiger charge is -2.22. The van der Waals surface area contributed by atoms with Crippen LogP contribution in [0.5, 0.6) is 0 Å². The minimum Gasteiger partial charge on any atom is -0.469 e. The second kappa shape index (κ2) is 6.59. The summed E-state index contributed by atoms with van der Waals surface area (Å²) in [4.78, 5) is 11.5. The number of carbonyl (C=O) groups is 1. The summed E-state index contributed by atoms with van der Waals surface area (Å²) < 4.78 is 5.45. The van der Waals surface area contributed by atoms with Crippen molar-refractivity contribution in [3.63, 3.8) is 0 Å². The summed E-state index contributed by atoms with van der Waals surface area (Å²) in [6.45, 7) is 3.56. The van der Waals surface area contributed by atoms with Gasteiger partial charge in [-0.1, -0.05) is 6.92 Å². The third kappa shape index (κ3) is 3.35. The first kappa shape index (κ1) is 13.1. The number of fused-ring (bicyclic) bond motifs is 1. The third-order valence-corrected chi connectivity index (χ3v) is 3.37. The maximum atomic E-state index is 11.5. The molecule has 1 aliphatic rings. The molecule has 1 amide bonds. The van der Waals surface area contributed by atoms with E-state index >= 15 is 0 Å². The Morgan fingerprint density at radius 2 is 2.39 bits per heavy atom. The Balaban J connectivity index is 1.74. The van der Waals surface area contributed by atoms with Crippen molar-refractivity contribution in [1.29, 1.82) is 0 Å². The number of carbonyl (C=O) groups excluding carboxylic acids is 1. The predicted molar refractivity (Wildman–Crippen MR) is 70.3 cm³/mol. The van der Waals surface area contributed by atoms with Crippen LogP contribution in [0.4, 0.5) is 0 Å². The SMILES string of the molecule is CCCNC(=O)CCNC1CCCc2occc21. The highest BCUT2D eigenvalue weighted by Crippen LogP contribution is 2.30. The summed E-state index contributed by atoms with van der Waals surface area (Å²) in [7, 11) is 0. The van der Waals surface area contributed by atoms with E-state index in [9.17, 15) is 4.79 Å². The first-order valence-electron chi connectivity index (χ1n) is 6.87. The van der Waals surface area contributed by atoms with Gasteiger partial charge >= 0.3 is 0 Å². The van der Waals surface area contributed by atoms with E-state index in [1.165, 1.54) is 5.56 Å². The van der Waals surface area contributed by atoms with Gasteiger partial charge in [-0.25, -0.2) is 0 Å². The molecule has 100 valence electrons. The largest absolute Gasteiger partial charge is 0.469 e. The molecule has 0 bridgehead atoms. The van der Waals surface area contributed by atoms with Gasteiger partial charge in [0.1, 0.15) is 5.76 Å². The van der Waals surface area contributed by atoms with Gasteiger partial charge < -0.3 is 15.1 Å². The van der Waals surface area contributed by atoms with Gasteiger partial charge in [0.05, 0.1) is 6.26 Å². The van der Waals surface area contributed by atoms with Gasteiger partial charge in [0, 0.05) is 37.5 Å². The van der Waals surface area contributed by atoms with Crippen molar-refractivity contribution in [1.82, 2.24) is 10.6 Å². The van der Waals surface area contributed by atoms with Gasteiger partial charge in [-0.05, 0) is 25.3 Å². The molecule has 2 N–H and O–H groups in total. The Kier molecular flexibility index (Phi) is 4.81. The molecule has 2 rings (SSSR count). The van der Waals surface area contributed by atoms with E-state index in [1.807, 2.05) is 6.07 Å². The molecule has 0 aliphatic heterocycles. The van der Waals surface area contributed by atoms with E-state index < -0.39 is 0 Å². The number of furan rings is 1. The molecule has 0 saturated heterocycles. The van der Waals surface area contributed by atoms with Crippen molar-refractivity contribution in [2.24, 2.45) is 0 Å². The molecule has 1 atom stereocenters. The van der Waals surface area contributed by atoms with Gasteiger partial charge in [0.25, 0.3) is 0 Å². The van der Waals surface area contributed by atoms with Crippen LogP contribution in [0.3, 0.4) is 0 Å². The van der Waals surface area contributed by atoms with Gasteiger partial charge in [0.15, 0.2) is 0 Å². The normalized spacial score (nSPS) is 18.4. The Morgan fingerprint density at radius 3 is 3.22 bits per heavy atom. The maximum absolute atomic E-state index is 11.5. The summed E-state index contributed by atoms with van der Waals surface area (Å²) in [6.07, 6.45) is 6.61. The summed E-state index contributed by atoms with van der Waals surface area (Å²) in [6, 6.07) is 2.40. The molecule has 1 unspecified atom stereocenters. The molecular formula is C14H22N2O2. The van der Waals surface area contributed by atoms with E-state index in [1.54, 1.807) is 6.26 Å². The molecule has 1 aliphatic carbocycles. The second-order valence-corrected chi connectivity index (χ2v) is 4.80. The number of aryl methyl sites for hydroxylation is 1. The van der Waals surface area contributed by atoms with Crippen LogP contribution in [0.15, 0.2) is 16.7 Å². The van der Waals surface area contributed by atoms with E-state index in [-0.39, 0.29) is 5.91 Å². The number of hydrogen-bond acceptors (Lipinski definition) is 3. The Morgan fingerprint density at radius 1 is 1.50 bits per heavy atom.